The van der Waals surface area contributed by atoms with Crippen molar-refractivity contribution in [2.24, 2.45) is 5.73 Å². The Labute approximate surface area is 79.1 Å². The van der Waals surface area contributed by atoms with Crippen LogP contribution in [-0.4, -0.2) is 29.8 Å². The lowest BCUT2D eigenvalue weighted by Crippen LogP contribution is -2.41. The number of nitrogens with two attached hydrogens (primary N) is 1. The van der Waals surface area contributed by atoms with Gasteiger partial charge in [-0.05, 0) is 12.8 Å². The maximum absolute atomic E-state index is 11.0. The second-order valence-electron chi connectivity index (χ2n) is 3.27. The van der Waals surface area contributed by atoms with E-state index in [1.807, 2.05) is 13.8 Å². The third kappa shape index (κ3) is 3.74. The quantitative estimate of drug-likeness (QED) is 0.615. The molecule has 1 atom stereocenters. The predicted molar refractivity (Wildman–Crippen MR) is 50.1 cm³/mol. The van der Waals surface area contributed by atoms with E-state index in [9.17, 15) is 9.90 Å². The normalized spacial score (nSPS) is 13.9. The molecule has 0 bridgehead atoms. The van der Waals surface area contributed by atoms with Crippen LogP contribution in [0, 0.1) is 0 Å². The summed E-state index contributed by atoms with van der Waals surface area (Å²) in [5, 5.41) is 9.86. The molecule has 0 amide bonds. The van der Waals surface area contributed by atoms with Crippen LogP contribution < -0.4 is 5.73 Å². The lowest BCUT2D eigenvalue weighted by molar-refractivity contribution is -0.144. The van der Waals surface area contributed by atoms with E-state index in [-0.39, 0.29) is 6.42 Å². The van der Waals surface area contributed by atoms with Gasteiger partial charge in [0, 0.05) is 6.42 Å². The average molecular weight is 189 g/mol. The first-order chi connectivity index (χ1) is 5.99. The van der Waals surface area contributed by atoms with Crippen molar-refractivity contribution in [3.05, 3.63) is 0 Å². The molecule has 0 fully saturated rings. The summed E-state index contributed by atoms with van der Waals surface area (Å²) in [7, 11) is 1.29. The molecular weight excluding hydrogens is 170 g/mol. The highest BCUT2D eigenvalue weighted by molar-refractivity contribution is 5.75. The minimum atomic E-state index is -0.840. The zero-order chi connectivity index (χ0) is 10.5. The van der Waals surface area contributed by atoms with Gasteiger partial charge in [0.05, 0.1) is 12.7 Å². The zero-order valence-electron chi connectivity index (χ0n) is 8.54. The minimum absolute atomic E-state index is 0.257. The Morgan fingerprint density at radius 1 is 1.54 bits per heavy atom. The first-order valence-corrected chi connectivity index (χ1v) is 4.55. The van der Waals surface area contributed by atoms with Gasteiger partial charge in [-0.3, -0.25) is 4.79 Å². The summed E-state index contributed by atoms with van der Waals surface area (Å²) in [6, 6.07) is -0.727. The van der Waals surface area contributed by atoms with Gasteiger partial charge in [0.2, 0.25) is 0 Å². The molecule has 0 saturated carbocycles. The van der Waals surface area contributed by atoms with E-state index in [1.54, 1.807) is 0 Å². The lowest BCUT2D eigenvalue weighted by Gasteiger charge is -2.27. The Kier molecular flexibility index (Phi) is 4.95. The molecule has 1 unspecified atom stereocenters. The van der Waals surface area contributed by atoms with Crippen molar-refractivity contribution in [3.63, 3.8) is 0 Å². The number of rotatable bonds is 5. The molecule has 0 aromatic heterocycles. The molecule has 4 nitrogen and oxygen atoms in total. The van der Waals surface area contributed by atoms with Crippen LogP contribution in [0.2, 0.25) is 0 Å². The molecule has 0 heterocycles. The molecule has 0 aromatic carbocycles. The van der Waals surface area contributed by atoms with E-state index in [4.69, 9.17) is 5.73 Å². The van der Waals surface area contributed by atoms with Crippen LogP contribution in [0.15, 0.2) is 0 Å². The second-order valence-corrected chi connectivity index (χ2v) is 3.27. The highest BCUT2D eigenvalue weighted by atomic mass is 16.5. The minimum Gasteiger partial charge on any atom is -0.468 e. The molecule has 0 aliphatic rings. The van der Waals surface area contributed by atoms with Crippen molar-refractivity contribution in [3.8, 4) is 0 Å². The largest absolute Gasteiger partial charge is 0.468 e. The van der Waals surface area contributed by atoms with Gasteiger partial charge in [0.15, 0.2) is 0 Å². The fourth-order valence-corrected chi connectivity index (χ4v) is 1.18. The number of carbonyl (C=O) groups is 1. The third-order valence-corrected chi connectivity index (χ3v) is 2.42. The maximum atomic E-state index is 11.0. The van der Waals surface area contributed by atoms with E-state index in [0.717, 1.165) is 0 Å². The summed E-state index contributed by atoms with van der Waals surface area (Å²) in [6.45, 7) is 3.74. The molecule has 78 valence electrons. The molecule has 13 heavy (non-hydrogen) atoms. The molecule has 0 aliphatic heterocycles. The smallest absolute Gasteiger partial charge is 0.322 e. The number of methoxy groups -OCH3 is 1. The van der Waals surface area contributed by atoms with Crippen molar-refractivity contribution in [1.82, 2.24) is 0 Å². The molecule has 0 aromatic rings. The van der Waals surface area contributed by atoms with Gasteiger partial charge in [-0.25, -0.2) is 0 Å². The average Bonchev–Trinajstić information content (AvgIpc) is 2.16. The Bertz CT molecular complexity index is 166. The molecule has 0 saturated heterocycles. The summed E-state index contributed by atoms with van der Waals surface area (Å²) in [4.78, 5) is 11.0. The van der Waals surface area contributed by atoms with Gasteiger partial charge in [-0.1, -0.05) is 13.8 Å². The van der Waals surface area contributed by atoms with Gasteiger partial charge in [-0.15, -0.1) is 0 Å². The first-order valence-electron chi connectivity index (χ1n) is 4.55. The van der Waals surface area contributed by atoms with E-state index >= 15 is 0 Å². The van der Waals surface area contributed by atoms with Crippen molar-refractivity contribution in [2.45, 2.75) is 44.8 Å². The number of esters is 1. The number of aliphatic hydroxyl groups is 1. The van der Waals surface area contributed by atoms with Crippen LogP contribution in [0.25, 0.3) is 0 Å². The van der Waals surface area contributed by atoms with Crippen LogP contribution in [0.5, 0.6) is 0 Å². The Hall–Kier alpha value is -0.610. The van der Waals surface area contributed by atoms with Crippen LogP contribution in [0.4, 0.5) is 0 Å². The fourth-order valence-electron chi connectivity index (χ4n) is 1.18. The summed E-state index contributed by atoms with van der Waals surface area (Å²) in [5.74, 6) is -0.472. The van der Waals surface area contributed by atoms with Crippen LogP contribution in [0.1, 0.15) is 33.1 Å². The van der Waals surface area contributed by atoms with Gasteiger partial charge in [0.1, 0.15) is 6.04 Å². The number of carbonyl (C=O) groups excluding carboxylic acids is 1. The van der Waals surface area contributed by atoms with E-state index in [1.165, 1.54) is 7.11 Å². The van der Waals surface area contributed by atoms with Gasteiger partial charge in [0.25, 0.3) is 0 Å². The second kappa shape index (κ2) is 5.19. The Morgan fingerprint density at radius 2 is 2.00 bits per heavy atom. The standard InChI is InChI=1S/C9H19NO3/c1-4-9(12,5-2)6-7(10)8(11)13-3/h7,12H,4-6,10H2,1-3H3. The Morgan fingerprint density at radius 3 is 2.31 bits per heavy atom. The summed E-state index contributed by atoms with van der Waals surface area (Å²) in [6.07, 6.45) is 1.44. The number of ether oxygens (including phenoxy) is 1. The molecule has 0 spiro atoms. The first kappa shape index (κ1) is 12.4. The number of hydrogen-bond acceptors (Lipinski definition) is 4. The maximum Gasteiger partial charge on any atom is 0.322 e. The molecular formula is C9H19NO3. The van der Waals surface area contributed by atoms with Crippen molar-refractivity contribution >= 4 is 5.97 Å². The molecule has 3 N–H and O–H groups in total. The molecule has 4 heteroatoms. The van der Waals surface area contributed by atoms with Gasteiger partial charge in [-0.2, -0.15) is 0 Å². The monoisotopic (exact) mass is 189 g/mol. The van der Waals surface area contributed by atoms with Gasteiger partial charge >= 0.3 is 5.97 Å². The van der Waals surface area contributed by atoms with Crippen LogP contribution >= 0.6 is 0 Å². The molecule has 0 rings (SSSR count). The number of hydrogen-bond donors (Lipinski definition) is 2. The zero-order valence-corrected chi connectivity index (χ0v) is 8.54. The summed E-state index contributed by atoms with van der Waals surface area (Å²) < 4.78 is 4.47. The van der Waals surface area contributed by atoms with Gasteiger partial charge < -0.3 is 15.6 Å². The SMILES string of the molecule is CCC(O)(CC)CC(N)C(=O)OC. The Balaban J connectivity index is 4.16. The van der Waals surface area contributed by atoms with E-state index in [2.05, 4.69) is 4.74 Å². The van der Waals surface area contributed by atoms with Crippen molar-refractivity contribution in [2.75, 3.05) is 7.11 Å². The highest BCUT2D eigenvalue weighted by Gasteiger charge is 2.28. The summed E-state index contributed by atoms with van der Waals surface area (Å²) >= 11 is 0. The van der Waals surface area contributed by atoms with Crippen molar-refractivity contribution in [1.29, 1.82) is 0 Å². The fraction of sp³-hybridized carbons (Fsp3) is 0.889. The molecule has 0 radical (unpaired) electrons. The van der Waals surface area contributed by atoms with Crippen LogP contribution in [0.3, 0.4) is 0 Å². The predicted octanol–water partition coefficient (Wildman–Crippen LogP) is 0.428. The topological polar surface area (TPSA) is 72.5 Å². The highest BCUT2D eigenvalue weighted by Crippen LogP contribution is 2.20. The van der Waals surface area contributed by atoms with E-state index < -0.39 is 17.6 Å². The van der Waals surface area contributed by atoms with Crippen molar-refractivity contribution < 1.29 is 14.6 Å². The summed E-state index contributed by atoms with van der Waals surface area (Å²) in [5.41, 5.74) is 4.69. The van der Waals surface area contributed by atoms with Crippen LogP contribution in [-0.2, 0) is 9.53 Å². The lowest BCUT2D eigenvalue weighted by atomic mass is 9.90. The third-order valence-electron chi connectivity index (χ3n) is 2.42. The van der Waals surface area contributed by atoms with E-state index in [0.29, 0.717) is 12.8 Å². The molecule has 0 aliphatic carbocycles.